The summed E-state index contributed by atoms with van der Waals surface area (Å²) in [5.41, 5.74) is 1.19. The third-order valence-corrected chi connectivity index (χ3v) is 6.76. The molecule has 2 fully saturated rings. The van der Waals surface area contributed by atoms with E-state index in [0.717, 1.165) is 36.3 Å². The maximum absolute atomic E-state index is 5.60. The van der Waals surface area contributed by atoms with E-state index in [0.29, 0.717) is 6.04 Å². The Labute approximate surface area is 173 Å². The van der Waals surface area contributed by atoms with Gasteiger partial charge >= 0.3 is 0 Å². The van der Waals surface area contributed by atoms with Gasteiger partial charge in [-0.25, -0.2) is 4.68 Å². The van der Waals surface area contributed by atoms with Crippen molar-refractivity contribution in [3.63, 3.8) is 0 Å². The van der Waals surface area contributed by atoms with Gasteiger partial charge in [-0.1, -0.05) is 26.2 Å². The summed E-state index contributed by atoms with van der Waals surface area (Å²) < 4.78 is 13.2. The van der Waals surface area contributed by atoms with Crippen molar-refractivity contribution in [3.05, 3.63) is 29.6 Å². The first kappa shape index (κ1) is 20.1. The van der Waals surface area contributed by atoms with Crippen molar-refractivity contribution >= 4 is 0 Å². The molecule has 0 spiro atoms. The number of methoxy groups -OCH3 is 2. The average Bonchev–Trinajstić information content (AvgIpc) is 3.25. The molecule has 1 aliphatic carbocycles. The molecule has 0 radical (unpaired) electrons. The van der Waals surface area contributed by atoms with Crippen LogP contribution in [0.15, 0.2) is 18.2 Å². The van der Waals surface area contributed by atoms with E-state index in [1.165, 1.54) is 50.5 Å². The maximum Gasteiger partial charge on any atom is 0.214 e. The number of hydrogen-bond acceptors (Lipinski definition) is 5. The standard InChI is InChI=1S/C22H33N5O2/c1-16-11-13-26(14-12-16)21(17-9-10-19(28-2)20(15-17)29-3)22-23-24-25-27(22)18-7-5-4-6-8-18/h9-10,15-16,18,21H,4-8,11-14H2,1-3H3/p+1/t21-/m1/s1. The van der Waals surface area contributed by atoms with Crippen molar-refractivity contribution < 1.29 is 14.4 Å². The Bertz CT molecular complexity index is 794. The second-order valence-corrected chi connectivity index (χ2v) is 8.66. The van der Waals surface area contributed by atoms with Gasteiger partial charge < -0.3 is 14.4 Å². The first-order valence-electron chi connectivity index (χ1n) is 11.1. The van der Waals surface area contributed by atoms with Gasteiger partial charge in [0.15, 0.2) is 17.5 Å². The van der Waals surface area contributed by atoms with Crippen molar-refractivity contribution in [1.29, 1.82) is 0 Å². The summed E-state index contributed by atoms with van der Waals surface area (Å²) in [5.74, 6) is 3.30. The van der Waals surface area contributed by atoms with Gasteiger partial charge in [-0.05, 0) is 60.2 Å². The number of likely N-dealkylation sites (tertiary alicyclic amines) is 1. The van der Waals surface area contributed by atoms with E-state index in [2.05, 4.69) is 39.3 Å². The molecule has 1 aromatic carbocycles. The van der Waals surface area contributed by atoms with Gasteiger partial charge in [0.25, 0.3) is 0 Å². The average molecular weight is 401 g/mol. The second-order valence-electron chi connectivity index (χ2n) is 8.66. The van der Waals surface area contributed by atoms with E-state index in [-0.39, 0.29) is 6.04 Å². The van der Waals surface area contributed by atoms with Crippen LogP contribution in [-0.2, 0) is 0 Å². The Hall–Kier alpha value is -2.15. The highest BCUT2D eigenvalue weighted by Crippen LogP contribution is 2.33. The molecule has 1 saturated heterocycles. The van der Waals surface area contributed by atoms with Crippen LogP contribution in [0.3, 0.4) is 0 Å². The molecule has 0 unspecified atom stereocenters. The fraction of sp³-hybridized carbons (Fsp3) is 0.682. The largest absolute Gasteiger partial charge is 0.493 e. The van der Waals surface area contributed by atoms with Crippen LogP contribution >= 0.6 is 0 Å². The van der Waals surface area contributed by atoms with Crippen LogP contribution in [0.1, 0.15) is 75.3 Å². The molecule has 1 saturated carbocycles. The van der Waals surface area contributed by atoms with E-state index >= 15 is 0 Å². The lowest BCUT2D eigenvalue weighted by Gasteiger charge is -2.34. The fourth-order valence-electron chi connectivity index (χ4n) is 5.00. The van der Waals surface area contributed by atoms with Crippen LogP contribution in [0.2, 0.25) is 0 Å². The highest BCUT2D eigenvalue weighted by molar-refractivity contribution is 5.44. The summed E-state index contributed by atoms with van der Waals surface area (Å²) in [6.07, 6.45) is 8.67. The second kappa shape index (κ2) is 9.11. The molecule has 7 heteroatoms. The van der Waals surface area contributed by atoms with Crippen LogP contribution in [0.5, 0.6) is 11.5 Å². The Balaban J connectivity index is 1.73. The minimum Gasteiger partial charge on any atom is -0.493 e. The van der Waals surface area contributed by atoms with Crippen LogP contribution in [-0.4, -0.2) is 47.5 Å². The van der Waals surface area contributed by atoms with Gasteiger partial charge in [0.05, 0.1) is 33.4 Å². The molecule has 1 N–H and O–H groups in total. The zero-order chi connectivity index (χ0) is 20.2. The molecule has 0 bridgehead atoms. The first-order valence-corrected chi connectivity index (χ1v) is 11.1. The van der Waals surface area contributed by atoms with Gasteiger partial charge in [-0.15, -0.1) is 5.10 Å². The molecule has 158 valence electrons. The zero-order valence-electron chi connectivity index (χ0n) is 17.9. The minimum atomic E-state index is 0.110. The molecule has 7 nitrogen and oxygen atoms in total. The lowest BCUT2D eigenvalue weighted by Crippen LogP contribution is -3.13. The minimum absolute atomic E-state index is 0.110. The molecule has 4 rings (SSSR count). The summed E-state index contributed by atoms with van der Waals surface area (Å²) >= 11 is 0. The summed E-state index contributed by atoms with van der Waals surface area (Å²) in [6.45, 7) is 4.63. The lowest BCUT2D eigenvalue weighted by atomic mass is 9.93. The number of benzene rings is 1. The topological polar surface area (TPSA) is 66.5 Å². The Morgan fingerprint density at radius 1 is 1.00 bits per heavy atom. The SMILES string of the molecule is COc1ccc([C@H](c2nnnn2C2CCCCC2)[NH+]2CCC(C)CC2)cc1OC. The number of tetrazole rings is 1. The van der Waals surface area contributed by atoms with Gasteiger partial charge in [0, 0.05) is 5.56 Å². The lowest BCUT2D eigenvalue weighted by molar-refractivity contribution is -0.932. The number of nitrogens with one attached hydrogen (secondary N) is 1. The monoisotopic (exact) mass is 400 g/mol. The summed E-state index contributed by atoms with van der Waals surface area (Å²) in [5, 5.41) is 13.2. The molecule has 1 aliphatic heterocycles. The van der Waals surface area contributed by atoms with Crippen LogP contribution in [0.25, 0.3) is 0 Å². The molecular formula is C22H34N5O2+. The number of quaternary nitrogens is 1. The first-order chi connectivity index (χ1) is 14.2. The number of rotatable bonds is 6. The molecule has 2 heterocycles. The number of hydrogen-bond donors (Lipinski definition) is 1. The van der Waals surface area contributed by atoms with Gasteiger partial charge in [0.2, 0.25) is 5.82 Å². The smallest absolute Gasteiger partial charge is 0.214 e. The summed E-state index contributed by atoms with van der Waals surface area (Å²) in [6, 6.07) is 6.78. The number of piperidine rings is 1. The van der Waals surface area contributed by atoms with E-state index in [1.807, 2.05) is 6.07 Å². The highest BCUT2D eigenvalue weighted by atomic mass is 16.5. The van der Waals surface area contributed by atoms with Gasteiger partial charge in [0.1, 0.15) is 0 Å². The quantitative estimate of drug-likeness (QED) is 0.807. The molecule has 1 atom stereocenters. The van der Waals surface area contributed by atoms with E-state index in [4.69, 9.17) is 9.47 Å². The normalized spacial score (nSPS) is 24.2. The third kappa shape index (κ3) is 4.25. The van der Waals surface area contributed by atoms with Crippen LogP contribution in [0.4, 0.5) is 0 Å². The molecule has 0 amide bonds. The third-order valence-electron chi connectivity index (χ3n) is 6.76. The predicted octanol–water partition coefficient (Wildman–Crippen LogP) is 2.60. The van der Waals surface area contributed by atoms with Crippen molar-refractivity contribution in [2.75, 3.05) is 27.3 Å². The van der Waals surface area contributed by atoms with Gasteiger partial charge in [-0.2, -0.15) is 0 Å². The summed E-state index contributed by atoms with van der Waals surface area (Å²) in [7, 11) is 3.37. The highest BCUT2D eigenvalue weighted by Gasteiger charge is 2.36. The van der Waals surface area contributed by atoms with Crippen molar-refractivity contribution in [1.82, 2.24) is 20.2 Å². The van der Waals surface area contributed by atoms with E-state index < -0.39 is 0 Å². The number of nitrogens with zero attached hydrogens (tertiary/aromatic N) is 4. The molecular weight excluding hydrogens is 366 g/mol. The van der Waals surface area contributed by atoms with Crippen molar-refractivity contribution in [3.8, 4) is 11.5 Å². The van der Waals surface area contributed by atoms with Gasteiger partial charge in [-0.3, -0.25) is 0 Å². The number of ether oxygens (including phenoxy) is 2. The van der Waals surface area contributed by atoms with Crippen LogP contribution in [0, 0.1) is 5.92 Å². The fourth-order valence-corrected chi connectivity index (χ4v) is 5.00. The maximum atomic E-state index is 5.60. The molecule has 1 aromatic heterocycles. The predicted molar refractivity (Wildman–Crippen MR) is 110 cm³/mol. The van der Waals surface area contributed by atoms with Crippen molar-refractivity contribution in [2.45, 2.75) is 64.0 Å². The zero-order valence-corrected chi connectivity index (χ0v) is 17.9. The van der Waals surface area contributed by atoms with E-state index in [9.17, 15) is 0 Å². The molecule has 2 aromatic rings. The Morgan fingerprint density at radius 3 is 2.41 bits per heavy atom. The Morgan fingerprint density at radius 2 is 1.72 bits per heavy atom. The van der Waals surface area contributed by atoms with E-state index in [1.54, 1.807) is 19.1 Å². The summed E-state index contributed by atoms with van der Waals surface area (Å²) in [4.78, 5) is 1.54. The molecule has 29 heavy (non-hydrogen) atoms. The Kier molecular flexibility index (Phi) is 6.33. The van der Waals surface area contributed by atoms with Crippen molar-refractivity contribution in [2.24, 2.45) is 5.92 Å². The molecule has 2 aliphatic rings. The van der Waals surface area contributed by atoms with Crippen LogP contribution < -0.4 is 14.4 Å². The number of aromatic nitrogens is 4.